The minimum absolute atomic E-state index is 0.127. The van der Waals surface area contributed by atoms with Gasteiger partial charge >= 0.3 is 0 Å². The molecule has 0 bridgehead atoms. The first-order valence-electron chi connectivity index (χ1n) is 4.91. The molecule has 0 fully saturated rings. The zero-order chi connectivity index (χ0) is 11.5. The van der Waals surface area contributed by atoms with Crippen LogP contribution in [0.2, 0.25) is 0 Å². The standard InChI is InChI=1S/C11H10IN3O/c1-2-7-4-3-5-13-9(7)10-14-6-8(12)11(16)15-10/h3-6H,2H2,1H3,(H,14,15,16). The van der Waals surface area contributed by atoms with Crippen LogP contribution in [0.1, 0.15) is 12.5 Å². The number of rotatable bonds is 2. The molecule has 0 saturated heterocycles. The van der Waals surface area contributed by atoms with Crippen molar-refractivity contribution in [3.8, 4) is 11.5 Å². The van der Waals surface area contributed by atoms with E-state index in [4.69, 9.17) is 0 Å². The quantitative estimate of drug-likeness (QED) is 0.859. The van der Waals surface area contributed by atoms with Gasteiger partial charge in [0.05, 0.1) is 3.57 Å². The monoisotopic (exact) mass is 327 g/mol. The van der Waals surface area contributed by atoms with Crippen LogP contribution in [0.5, 0.6) is 0 Å². The first kappa shape index (κ1) is 11.3. The van der Waals surface area contributed by atoms with E-state index in [1.54, 1.807) is 12.4 Å². The Labute approximate surface area is 106 Å². The third kappa shape index (κ3) is 2.13. The fourth-order valence-electron chi connectivity index (χ4n) is 1.44. The minimum atomic E-state index is -0.127. The van der Waals surface area contributed by atoms with Crippen molar-refractivity contribution in [1.29, 1.82) is 0 Å². The molecule has 82 valence electrons. The molecule has 0 radical (unpaired) electrons. The van der Waals surface area contributed by atoms with Crippen LogP contribution in [0.25, 0.3) is 11.5 Å². The number of hydrogen-bond donors (Lipinski definition) is 1. The molecular formula is C11H10IN3O. The van der Waals surface area contributed by atoms with E-state index >= 15 is 0 Å². The summed E-state index contributed by atoms with van der Waals surface area (Å²) in [7, 11) is 0. The van der Waals surface area contributed by atoms with E-state index in [0.29, 0.717) is 9.39 Å². The number of H-pyrrole nitrogens is 1. The number of pyridine rings is 1. The van der Waals surface area contributed by atoms with Gasteiger partial charge in [-0.1, -0.05) is 13.0 Å². The number of hydrogen-bond acceptors (Lipinski definition) is 3. The highest BCUT2D eigenvalue weighted by atomic mass is 127. The molecule has 2 aromatic rings. The summed E-state index contributed by atoms with van der Waals surface area (Å²) in [5, 5.41) is 0. The van der Waals surface area contributed by atoms with Crippen molar-refractivity contribution in [2.45, 2.75) is 13.3 Å². The highest BCUT2D eigenvalue weighted by molar-refractivity contribution is 14.1. The maximum atomic E-state index is 11.5. The SMILES string of the molecule is CCc1cccnc1-c1ncc(I)c(=O)[nH]1. The minimum Gasteiger partial charge on any atom is -0.304 e. The molecule has 0 spiro atoms. The van der Waals surface area contributed by atoms with E-state index in [1.165, 1.54) is 0 Å². The Bertz CT molecular complexity index is 565. The average molecular weight is 327 g/mol. The molecule has 2 heterocycles. The first-order valence-corrected chi connectivity index (χ1v) is 5.99. The second-order valence-electron chi connectivity index (χ2n) is 3.27. The molecule has 0 aliphatic rings. The Balaban J connectivity index is 2.58. The number of nitrogens with one attached hydrogen (secondary N) is 1. The molecule has 0 amide bonds. The molecule has 0 atom stereocenters. The van der Waals surface area contributed by atoms with Gasteiger partial charge in [-0.2, -0.15) is 0 Å². The van der Waals surface area contributed by atoms with Crippen molar-refractivity contribution >= 4 is 22.6 Å². The summed E-state index contributed by atoms with van der Waals surface area (Å²) in [4.78, 5) is 22.7. The molecule has 2 aromatic heterocycles. The maximum absolute atomic E-state index is 11.5. The second-order valence-corrected chi connectivity index (χ2v) is 4.44. The van der Waals surface area contributed by atoms with Crippen molar-refractivity contribution in [2.24, 2.45) is 0 Å². The molecule has 5 heteroatoms. The highest BCUT2D eigenvalue weighted by Gasteiger charge is 2.07. The van der Waals surface area contributed by atoms with Crippen molar-refractivity contribution < 1.29 is 0 Å². The van der Waals surface area contributed by atoms with E-state index in [0.717, 1.165) is 17.7 Å². The third-order valence-corrected chi connectivity index (χ3v) is 3.02. The lowest BCUT2D eigenvalue weighted by Gasteiger charge is -2.04. The van der Waals surface area contributed by atoms with Crippen LogP contribution in [-0.2, 0) is 6.42 Å². The topological polar surface area (TPSA) is 58.6 Å². The van der Waals surface area contributed by atoms with Crippen LogP contribution in [0.3, 0.4) is 0 Å². The van der Waals surface area contributed by atoms with Crippen LogP contribution < -0.4 is 5.56 Å². The van der Waals surface area contributed by atoms with Gasteiger partial charge in [0.15, 0.2) is 5.82 Å². The summed E-state index contributed by atoms with van der Waals surface area (Å²) >= 11 is 1.95. The molecule has 0 unspecified atom stereocenters. The summed E-state index contributed by atoms with van der Waals surface area (Å²) in [6, 6.07) is 3.87. The van der Waals surface area contributed by atoms with Crippen LogP contribution in [-0.4, -0.2) is 15.0 Å². The van der Waals surface area contributed by atoms with Gasteiger partial charge in [0.1, 0.15) is 5.69 Å². The van der Waals surface area contributed by atoms with Crippen LogP contribution in [0.4, 0.5) is 0 Å². The number of nitrogens with zero attached hydrogens (tertiary/aromatic N) is 2. The van der Waals surface area contributed by atoms with Gasteiger partial charge in [-0.05, 0) is 40.6 Å². The number of aryl methyl sites for hydroxylation is 1. The van der Waals surface area contributed by atoms with Gasteiger partial charge in [-0.3, -0.25) is 9.78 Å². The first-order chi connectivity index (χ1) is 7.72. The molecule has 0 aliphatic heterocycles. The van der Waals surface area contributed by atoms with E-state index in [-0.39, 0.29) is 5.56 Å². The highest BCUT2D eigenvalue weighted by Crippen LogP contribution is 2.16. The molecule has 2 rings (SSSR count). The van der Waals surface area contributed by atoms with Gasteiger partial charge in [0.25, 0.3) is 5.56 Å². The summed E-state index contributed by atoms with van der Waals surface area (Å²) in [5.41, 5.74) is 1.70. The second kappa shape index (κ2) is 4.73. The lowest BCUT2D eigenvalue weighted by molar-refractivity contribution is 1.04. The zero-order valence-corrected chi connectivity index (χ0v) is 10.9. The summed E-state index contributed by atoms with van der Waals surface area (Å²) in [6.07, 6.45) is 4.12. The summed E-state index contributed by atoms with van der Waals surface area (Å²) in [6.45, 7) is 2.05. The van der Waals surface area contributed by atoms with Gasteiger partial charge < -0.3 is 4.98 Å². The molecule has 0 saturated carbocycles. The van der Waals surface area contributed by atoms with Crippen LogP contribution in [0, 0.1) is 3.57 Å². The Morgan fingerprint density at radius 2 is 2.25 bits per heavy atom. The average Bonchev–Trinajstić information content (AvgIpc) is 2.32. The molecule has 16 heavy (non-hydrogen) atoms. The largest absolute Gasteiger partial charge is 0.304 e. The Kier molecular flexibility index (Phi) is 3.33. The lowest BCUT2D eigenvalue weighted by Crippen LogP contribution is -2.12. The number of aromatic nitrogens is 3. The van der Waals surface area contributed by atoms with Gasteiger partial charge in [-0.25, -0.2) is 4.98 Å². The Hall–Kier alpha value is -1.24. The zero-order valence-electron chi connectivity index (χ0n) is 8.70. The van der Waals surface area contributed by atoms with Gasteiger partial charge in [0.2, 0.25) is 0 Å². The molecule has 0 aromatic carbocycles. The van der Waals surface area contributed by atoms with E-state index < -0.39 is 0 Å². The lowest BCUT2D eigenvalue weighted by atomic mass is 10.1. The fourth-order valence-corrected chi connectivity index (χ4v) is 1.71. The number of aromatic amines is 1. The Morgan fingerprint density at radius 1 is 1.44 bits per heavy atom. The molecule has 0 aliphatic carbocycles. The maximum Gasteiger partial charge on any atom is 0.264 e. The molecular weight excluding hydrogens is 317 g/mol. The molecule has 4 nitrogen and oxygen atoms in total. The van der Waals surface area contributed by atoms with Crippen molar-refractivity contribution in [1.82, 2.24) is 15.0 Å². The van der Waals surface area contributed by atoms with E-state index in [2.05, 4.69) is 15.0 Å². The normalized spacial score (nSPS) is 10.4. The molecule has 1 N–H and O–H groups in total. The van der Waals surface area contributed by atoms with E-state index in [9.17, 15) is 4.79 Å². The third-order valence-electron chi connectivity index (χ3n) is 2.25. The Morgan fingerprint density at radius 3 is 2.94 bits per heavy atom. The van der Waals surface area contributed by atoms with Crippen molar-refractivity contribution in [2.75, 3.05) is 0 Å². The van der Waals surface area contributed by atoms with Crippen molar-refractivity contribution in [3.63, 3.8) is 0 Å². The summed E-state index contributed by atoms with van der Waals surface area (Å²) in [5.74, 6) is 0.530. The number of halogens is 1. The fraction of sp³-hybridized carbons (Fsp3) is 0.182. The van der Waals surface area contributed by atoms with Crippen LogP contribution in [0.15, 0.2) is 29.3 Å². The smallest absolute Gasteiger partial charge is 0.264 e. The predicted molar refractivity (Wildman–Crippen MR) is 70.2 cm³/mol. The van der Waals surface area contributed by atoms with Gasteiger partial charge in [-0.15, -0.1) is 0 Å². The van der Waals surface area contributed by atoms with E-state index in [1.807, 2.05) is 41.6 Å². The summed E-state index contributed by atoms with van der Waals surface area (Å²) < 4.78 is 0.579. The van der Waals surface area contributed by atoms with Crippen molar-refractivity contribution in [3.05, 3.63) is 44.0 Å². The predicted octanol–water partition coefficient (Wildman–Crippen LogP) is 2.00. The van der Waals surface area contributed by atoms with Gasteiger partial charge in [0, 0.05) is 12.4 Å². The van der Waals surface area contributed by atoms with Crippen LogP contribution >= 0.6 is 22.6 Å².